The number of methoxy groups -OCH3 is 1. The number of nitrogens with zero attached hydrogens (tertiary/aromatic N) is 3. The van der Waals surface area contributed by atoms with Crippen LogP contribution in [-0.2, 0) is 7.05 Å². The van der Waals surface area contributed by atoms with Gasteiger partial charge in [0.15, 0.2) is 0 Å². The molecular weight excluding hydrogens is 336 g/mol. The molecule has 0 radical (unpaired) electrons. The number of carbonyl (C=O) groups excluding carboxylic acids is 1. The highest BCUT2D eigenvalue weighted by atomic mass is 16.5. The summed E-state index contributed by atoms with van der Waals surface area (Å²) in [5.41, 5.74) is 1.57. The Kier molecular flexibility index (Phi) is 5.04. The van der Waals surface area contributed by atoms with E-state index in [1.54, 1.807) is 24.8 Å². The molecule has 0 fully saturated rings. The van der Waals surface area contributed by atoms with Gasteiger partial charge < -0.3 is 19.7 Å². The fourth-order valence-corrected chi connectivity index (χ4v) is 2.64. The van der Waals surface area contributed by atoms with Crippen LogP contribution in [0.2, 0.25) is 0 Å². The van der Waals surface area contributed by atoms with Crippen LogP contribution in [0, 0.1) is 0 Å². The van der Waals surface area contributed by atoms with Crippen LogP contribution < -0.4 is 15.6 Å². The Labute approximate surface area is 149 Å². The Morgan fingerprint density at radius 3 is 2.65 bits per heavy atom. The predicted molar refractivity (Wildman–Crippen MR) is 96.5 cm³/mol. The molecule has 1 amide bonds. The van der Waals surface area contributed by atoms with Crippen molar-refractivity contribution < 1.29 is 14.6 Å². The number of benzene rings is 1. The van der Waals surface area contributed by atoms with Gasteiger partial charge in [-0.2, -0.15) is 0 Å². The lowest BCUT2D eigenvalue weighted by Crippen LogP contribution is -2.25. The first-order valence-electron chi connectivity index (χ1n) is 8.17. The number of amides is 1. The predicted octanol–water partition coefficient (Wildman–Crippen LogP) is 0.821. The van der Waals surface area contributed by atoms with E-state index in [0.29, 0.717) is 18.7 Å². The van der Waals surface area contributed by atoms with Gasteiger partial charge in [-0.3, -0.25) is 14.0 Å². The normalized spacial score (nSPS) is 10.9. The van der Waals surface area contributed by atoms with E-state index in [2.05, 4.69) is 10.3 Å². The highest BCUT2D eigenvalue weighted by molar-refractivity contribution is 5.92. The molecule has 0 aliphatic rings. The highest BCUT2D eigenvalue weighted by Gasteiger charge is 2.15. The van der Waals surface area contributed by atoms with E-state index in [1.807, 2.05) is 24.3 Å². The molecule has 26 heavy (non-hydrogen) atoms. The zero-order valence-electron chi connectivity index (χ0n) is 14.6. The van der Waals surface area contributed by atoms with Gasteiger partial charge in [-0.15, -0.1) is 0 Å². The second-order valence-electron chi connectivity index (χ2n) is 5.80. The average Bonchev–Trinajstić information content (AvgIpc) is 3.09. The summed E-state index contributed by atoms with van der Waals surface area (Å²) < 4.78 is 8.21. The Morgan fingerprint density at radius 1 is 1.27 bits per heavy atom. The zero-order valence-corrected chi connectivity index (χ0v) is 14.6. The number of nitrogens with one attached hydrogen (secondary N) is 1. The molecule has 0 atom stereocenters. The topological polar surface area (TPSA) is 97.9 Å². The fourth-order valence-electron chi connectivity index (χ4n) is 2.64. The molecule has 0 aliphatic heterocycles. The van der Waals surface area contributed by atoms with Crippen molar-refractivity contribution in [3.05, 3.63) is 52.7 Å². The Bertz CT molecular complexity index is 989. The minimum absolute atomic E-state index is 0.00277. The van der Waals surface area contributed by atoms with E-state index in [4.69, 9.17) is 9.84 Å². The van der Waals surface area contributed by atoms with E-state index in [-0.39, 0.29) is 29.4 Å². The highest BCUT2D eigenvalue weighted by Crippen LogP contribution is 2.21. The number of ether oxygens (including phenoxy) is 1. The molecule has 0 bridgehead atoms. The quantitative estimate of drug-likeness (QED) is 0.637. The van der Waals surface area contributed by atoms with Gasteiger partial charge in [0.25, 0.3) is 11.5 Å². The molecule has 0 spiro atoms. The molecule has 2 aromatic heterocycles. The Balaban J connectivity index is 2.00. The zero-order chi connectivity index (χ0) is 18.7. The van der Waals surface area contributed by atoms with Crippen LogP contribution in [0.4, 0.5) is 0 Å². The van der Waals surface area contributed by atoms with Crippen molar-refractivity contribution in [1.82, 2.24) is 19.3 Å². The van der Waals surface area contributed by atoms with Crippen LogP contribution >= 0.6 is 0 Å². The third-order valence-corrected chi connectivity index (χ3v) is 4.09. The molecule has 8 heteroatoms. The molecule has 0 saturated carbocycles. The molecule has 2 heterocycles. The van der Waals surface area contributed by atoms with Crippen molar-refractivity contribution in [1.29, 1.82) is 0 Å². The minimum atomic E-state index is -0.379. The summed E-state index contributed by atoms with van der Waals surface area (Å²) in [5.74, 6) is 0.347. The first-order valence-corrected chi connectivity index (χ1v) is 8.17. The number of carbonyl (C=O) groups is 1. The van der Waals surface area contributed by atoms with Gasteiger partial charge in [-0.1, -0.05) is 0 Å². The third-order valence-electron chi connectivity index (χ3n) is 4.09. The number of aliphatic hydroxyl groups excluding tert-OH is 1. The summed E-state index contributed by atoms with van der Waals surface area (Å²) in [4.78, 5) is 28.9. The van der Waals surface area contributed by atoms with E-state index in [9.17, 15) is 9.59 Å². The van der Waals surface area contributed by atoms with Crippen molar-refractivity contribution in [2.75, 3.05) is 20.3 Å². The van der Waals surface area contributed by atoms with E-state index in [1.165, 1.54) is 10.8 Å². The van der Waals surface area contributed by atoms with Gasteiger partial charge in [-0.05, 0) is 30.7 Å². The van der Waals surface area contributed by atoms with Gasteiger partial charge in [0.2, 0.25) is 5.65 Å². The van der Waals surface area contributed by atoms with E-state index >= 15 is 0 Å². The molecule has 0 saturated heterocycles. The van der Waals surface area contributed by atoms with Gasteiger partial charge in [0.05, 0.1) is 12.8 Å². The van der Waals surface area contributed by atoms with Crippen LogP contribution in [0.5, 0.6) is 5.75 Å². The lowest BCUT2D eigenvalue weighted by atomic mass is 10.1. The van der Waals surface area contributed by atoms with Crippen LogP contribution in [0.1, 0.15) is 16.9 Å². The number of aliphatic hydroxyl groups is 1. The second-order valence-corrected chi connectivity index (χ2v) is 5.80. The molecule has 2 N–H and O–H groups in total. The Morgan fingerprint density at radius 2 is 2.00 bits per heavy atom. The average molecular weight is 356 g/mol. The molecule has 1 aromatic carbocycles. The van der Waals surface area contributed by atoms with E-state index < -0.39 is 0 Å². The van der Waals surface area contributed by atoms with Crippen LogP contribution in [0.3, 0.4) is 0 Å². The van der Waals surface area contributed by atoms with Gasteiger partial charge >= 0.3 is 0 Å². The number of rotatable bonds is 6. The third kappa shape index (κ3) is 3.31. The van der Waals surface area contributed by atoms with Crippen LogP contribution in [0.25, 0.3) is 16.9 Å². The van der Waals surface area contributed by atoms with Crippen molar-refractivity contribution in [2.24, 2.45) is 7.05 Å². The van der Waals surface area contributed by atoms with Gasteiger partial charge in [0.1, 0.15) is 11.4 Å². The molecular formula is C18H20N4O4. The number of aromatic nitrogens is 3. The smallest absolute Gasteiger partial charge is 0.294 e. The SMILES string of the molecule is COc1ccc(-c2cn3cc(C(=O)NCCCO)nc3c(=O)n2C)cc1. The van der Waals surface area contributed by atoms with Crippen molar-refractivity contribution in [3.8, 4) is 17.0 Å². The van der Waals surface area contributed by atoms with E-state index in [0.717, 1.165) is 11.3 Å². The summed E-state index contributed by atoms with van der Waals surface area (Å²) >= 11 is 0. The summed E-state index contributed by atoms with van der Waals surface area (Å²) in [6, 6.07) is 7.35. The van der Waals surface area contributed by atoms with Gasteiger partial charge in [-0.25, -0.2) is 4.98 Å². The first kappa shape index (κ1) is 17.7. The molecule has 0 unspecified atom stereocenters. The maximum atomic E-state index is 12.6. The van der Waals surface area contributed by atoms with Gasteiger partial charge in [0, 0.05) is 38.2 Å². The van der Waals surface area contributed by atoms with Crippen molar-refractivity contribution >= 4 is 11.6 Å². The lowest BCUT2D eigenvalue weighted by Gasteiger charge is -2.09. The summed E-state index contributed by atoms with van der Waals surface area (Å²) in [6.07, 6.45) is 3.75. The lowest BCUT2D eigenvalue weighted by molar-refractivity contribution is 0.0947. The number of imidazole rings is 1. The van der Waals surface area contributed by atoms with Crippen molar-refractivity contribution in [2.45, 2.75) is 6.42 Å². The minimum Gasteiger partial charge on any atom is -0.497 e. The molecule has 0 aliphatic carbocycles. The monoisotopic (exact) mass is 356 g/mol. The standard InChI is InChI=1S/C18H20N4O4/c1-21-15(12-4-6-13(26-2)7-5-12)11-22-10-14(20-16(22)18(21)25)17(24)19-8-3-9-23/h4-7,10-11,23H,3,8-9H2,1-2H3,(H,19,24). The first-order chi connectivity index (χ1) is 12.5. The maximum Gasteiger partial charge on any atom is 0.294 e. The molecule has 3 aromatic rings. The molecule has 3 rings (SSSR count). The number of hydrogen-bond acceptors (Lipinski definition) is 5. The van der Waals surface area contributed by atoms with Crippen molar-refractivity contribution in [3.63, 3.8) is 0 Å². The summed E-state index contributed by atoms with van der Waals surface area (Å²) in [5, 5.41) is 11.4. The number of hydrogen-bond donors (Lipinski definition) is 2. The fraction of sp³-hybridized carbons (Fsp3) is 0.278. The summed E-state index contributed by atoms with van der Waals surface area (Å²) in [7, 11) is 3.26. The number of fused-ring (bicyclic) bond motifs is 1. The maximum absolute atomic E-state index is 12.6. The Hall–Kier alpha value is -3.13. The van der Waals surface area contributed by atoms with Crippen LogP contribution in [-0.4, -0.2) is 45.2 Å². The molecule has 136 valence electrons. The largest absolute Gasteiger partial charge is 0.497 e. The van der Waals surface area contributed by atoms with Crippen LogP contribution in [0.15, 0.2) is 41.5 Å². The molecule has 8 nitrogen and oxygen atoms in total. The summed E-state index contributed by atoms with van der Waals surface area (Å²) in [6.45, 7) is 0.343. The second kappa shape index (κ2) is 7.40.